The van der Waals surface area contributed by atoms with Gasteiger partial charge >= 0.3 is 5.97 Å². The lowest BCUT2D eigenvalue weighted by atomic mass is 10.1. The molecule has 23 heavy (non-hydrogen) atoms. The minimum absolute atomic E-state index is 0.0455. The van der Waals surface area contributed by atoms with E-state index in [1.54, 1.807) is 18.3 Å². The summed E-state index contributed by atoms with van der Waals surface area (Å²) in [5.41, 5.74) is 0.154. The molecule has 1 aliphatic rings. The van der Waals surface area contributed by atoms with Crippen LogP contribution in [0, 0.1) is 5.92 Å². The van der Waals surface area contributed by atoms with Crippen LogP contribution in [0.3, 0.4) is 0 Å². The van der Waals surface area contributed by atoms with Crippen LogP contribution in [0.25, 0.3) is 6.08 Å². The van der Waals surface area contributed by atoms with E-state index in [1.807, 2.05) is 34.6 Å². The molecule has 0 bridgehead atoms. The smallest absolute Gasteiger partial charge is 0.331 e. The normalized spacial score (nSPS) is 17.7. The zero-order chi connectivity index (χ0) is 17.2. The van der Waals surface area contributed by atoms with Crippen LogP contribution < -0.4 is 10.1 Å². The molecule has 124 valence electrons. The van der Waals surface area contributed by atoms with E-state index < -0.39 is 17.7 Å². The summed E-state index contributed by atoms with van der Waals surface area (Å²) in [5, 5.41) is 2.72. The van der Waals surface area contributed by atoms with E-state index >= 15 is 0 Å². The molecule has 1 amide bonds. The molecule has 1 N–H and O–H groups in total. The summed E-state index contributed by atoms with van der Waals surface area (Å²) in [6.45, 7) is 9.25. The number of aromatic nitrogens is 1. The second-order valence-corrected chi connectivity index (χ2v) is 6.75. The summed E-state index contributed by atoms with van der Waals surface area (Å²) < 4.78 is 10.9. The minimum atomic E-state index is -0.547. The van der Waals surface area contributed by atoms with Gasteiger partial charge < -0.3 is 14.8 Å². The highest BCUT2D eigenvalue weighted by molar-refractivity contribution is 5.97. The summed E-state index contributed by atoms with van der Waals surface area (Å²) in [5.74, 6) is 0.307. The third-order valence-electron chi connectivity index (χ3n) is 3.05. The molecule has 1 unspecified atom stereocenters. The number of esters is 1. The standard InChI is InChI=1S/C17H22N2O4/c1-10(2)14-16(21)19-15-12(22-14)8-11(9-18-15)6-7-13(20)23-17(3,4)5/h6-10,14H,1-5H3,(H,18,19,21). The van der Waals surface area contributed by atoms with Crippen LogP contribution in [-0.4, -0.2) is 28.6 Å². The molecule has 0 saturated heterocycles. The molecule has 0 spiro atoms. The Morgan fingerprint density at radius 3 is 2.74 bits per heavy atom. The number of nitrogens with one attached hydrogen (secondary N) is 1. The number of amides is 1. The van der Waals surface area contributed by atoms with Crippen molar-refractivity contribution in [1.82, 2.24) is 4.98 Å². The fourth-order valence-corrected chi connectivity index (χ4v) is 2.05. The van der Waals surface area contributed by atoms with Crippen LogP contribution in [0.4, 0.5) is 5.82 Å². The maximum absolute atomic E-state index is 11.9. The van der Waals surface area contributed by atoms with Gasteiger partial charge in [-0.25, -0.2) is 9.78 Å². The van der Waals surface area contributed by atoms with Crippen molar-refractivity contribution >= 4 is 23.8 Å². The summed E-state index contributed by atoms with van der Waals surface area (Å²) in [7, 11) is 0. The summed E-state index contributed by atoms with van der Waals surface area (Å²) in [4.78, 5) is 27.7. The fourth-order valence-electron chi connectivity index (χ4n) is 2.05. The lowest BCUT2D eigenvalue weighted by Crippen LogP contribution is -2.40. The van der Waals surface area contributed by atoms with Crippen molar-refractivity contribution in [2.75, 3.05) is 5.32 Å². The largest absolute Gasteiger partial charge is 0.476 e. The molecule has 6 heteroatoms. The van der Waals surface area contributed by atoms with Crippen LogP contribution in [-0.2, 0) is 14.3 Å². The molecule has 0 radical (unpaired) electrons. The number of hydrogen-bond donors (Lipinski definition) is 1. The van der Waals surface area contributed by atoms with Gasteiger partial charge in [-0.15, -0.1) is 0 Å². The van der Waals surface area contributed by atoms with Gasteiger partial charge in [0.1, 0.15) is 5.60 Å². The van der Waals surface area contributed by atoms with E-state index in [0.717, 1.165) is 0 Å². The van der Waals surface area contributed by atoms with Crippen LogP contribution in [0.15, 0.2) is 18.3 Å². The average molecular weight is 318 g/mol. The van der Waals surface area contributed by atoms with Gasteiger partial charge in [-0.05, 0) is 44.4 Å². The van der Waals surface area contributed by atoms with Gasteiger partial charge in [-0.1, -0.05) is 13.8 Å². The molecule has 1 aliphatic heterocycles. The first-order chi connectivity index (χ1) is 10.7. The van der Waals surface area contributed by atoms with E-state index in [2.05, 4.69) is 10.3 Å². The number of carbonyl (C=O) groups excluding carboxylic acids is 2. The minimum Gasteiger partial charge on any atom is -0.476 e. The van der Waals surface area contributed by atoms with Gasteiger partial charge in [0.2, 0.25) is 0 Å². The third kappa shape index (κ3) is 4.55. The predicted octanol–water partition coefficient (Wildman–Crippen LogP) is 2.79. The fraction of sp³-hybridized carbons (Fsp3) is 0.471. The Kier molecular flexibility index (Phi) is 4.73. The Morgan fingerprint density at radius 2 is 2.13 bits per heavy atom. The molecule has 2 heterocycles. The molecule has 1 aromatic heterocycles. The highest BCUT2D eigenvalue weighted by atomic mass is 16.6. The Balaban J connectivity index is 2.14. The van der Waals surface area contributed by atoms with E-state index in [4.69, 9.17) is 9.47 Å². The number of hydrogen-bond acceptors (Lipinski definition) is 5. The zero-order valence-corrected chi connectivity index (χ0v) is 14.0. The SMILES string of the molecule is CC(C)C1Oc2cc(C=CC(=O)OC(C)(C)C)cnc2NC1=O. The topological polar surface area (TPSA) is 77.5 Å². The first-order valence-corrected chi connectivity index (χ1v) is 7.54. The van der Waals surface area contributed by atoms with E-state index in [0.29, 0.717) is 17.1 Å². The Morgan fingerprint density at radius 1 is 1.43 bits per heavy atom. The molecule has 0 aliphatic carbocycles. The van der Waals surface area contributed by atoms with Gasteiger partial charge in [0.25, 0.3) is 5.91 Å². The third-order valence-corrected chi connectivity index (χ3v) is 3.05. The number of fused-ring (bicyclic) bond motifs is 1. The van der Waals surface area contributed by atoms with Crippen LogP contribution in [0.2, 0.25) is 0 Å². The van der Waals surface area contributed by atoms with Crippen molar-refractivity contribution in [2.45, 2.75) is 46.3 Å². The Bertz CT molecular complexity index is 644. The number of ether oxygens (including phenoxy) is 2. The molecule has 0 fully saturated rings. The number of carbonyl (C=O) groups is 2. The Hall–Kier alpha value is -2.37. The molecule has 1 atom stereocenters. The van der Waals surface area contributed by atoms with E-state index in [1.165, 1.54) is 6.08 Å². The highest BCUT2D eigenvalue weighted by Crippen LogP contribution is 2.30. The summed E-state index contributed by atoms with van der Waals surface area (Å²) in [6, 6.07) is 1.73. The van der Waals surface area contributed by atoms with Crippen molar-refractivity contribution in [1.29, 1.82) is 0 Å². The molecule has 0 saturated carbocycles. The van der Waals surface area contributed by atoms with Gasteiger partial charge in [0.15, 0.2) is 17.7 Å². The highest BCUT2D eigenvalue weighted by Gasteiger charge is 2.30. The second-order valence-electron chi connectivity index (χ2n) is 6.75. The second kappa shape index (κ2) is 6.40. The number of rotatable bonds is 3. The van der Waals surface area contributed by atoms with Gasteiger partial charge in [-0.3, -0.25) is 4.79 Å². The van der Waals surface area contributed by atoms with Crippen LogP contribution >= 0.6 is 0 Å². The summed E-state index contributed by atoms with van der Waals surface area (Å²) in [6.07, 6.45) is 3.95. The maximum atomic E-state index is 11.9. The van der Waals surface area contributed by atoms with Crippen molar-refractivity contribution in [3.8, 4) is 5.75 Å². The molecular weight excluding hydrogens is 296 g/mol. The van der Waals surface area contributed by atoms with Gasteiger partial charge in [-0.2, -0.15) is 0 Å². The molecular formula is C17H22N2O4. The summed E-state index contributed by atoms with van der Waals surface area (Å²) >= 11 is 0. The van der Waals surface area contributed by atoms with Crippen molar-refractivity contribution in [3.05, 3.63) is 23.9 Å². The number of pyridine rings is 1. The maximum Gasteiger partial charge on any atom is 0.331 e. The molecule has 6 nitrogen and oxygen atoms in total. The van der Waals surface area contributed by atoms with Gasteiger partial charge in [0, 0.05) is 12.3 Å². The van der Waals surface area contributed by atoms with E-state index in [-0.39, 0.29) is 11.8 Å². The van der Waals surface area contributed by atoms with Crippen molar-refractivity contribution < 1.29 is 19.1 Å². The lowest BCUT2D eigenvalue weighted by molar-refractivity contribution is -0.148. The van der Waals surface area contributed by atoms with Crippen LogP contribution in [0.1, 0.15) is 40.2 Å². The lowest BCUT2D eigenvalue weighted by Gasteiger charge is -2.27. The van der Waals surface area contributed by atoms with Crippen LogP contribution in [0.5, 0.6) is 5.75 Å². The monoisotopic (exact) mass is 318 g/mol. The van der Waals surface area contributed by atoms with Crippen molar-refractivity contribution in [3.63, 3.8) is 0 Å². The molecule has 0 aromatic carbocycles. The van der Waals surface area contributed by atoms with Gasteiger partial charge in [0.05, 0.1) is 0 Å². The number of nitrogens with zero attached hydrogens (tertiary/aromatic N) is 1. The quantitative estimate of drug-likeness (QED) is 0.685. The first kappa shape index (κ1) is 17.0. The zero-order valence-electron chi connectivity index (χ0n) is 14.0. The first-order valence-electron chi connectivity index (χ1n) is 7.54. The van der Waals surface area contributed by atoms with E-state index in [9.17, 15) is 9.59 Å². The Labute approximate surface area is 135 Å². The number of anilines is 1. The predicted molar refractivity (Wildman–Crippen MR) is 87.0 cm³/mol. The molecule has 2 rings (SSSR count). The van der Waals surface area contributed by atoms with Crippen molar-refractivity contribution in [2.24, 2.45) is 5.92 Å². The average Bonchev–Trinajstić information content (AvgIpc) is 2.42. The molecule has 1 aromatic rings.